The van der Waals surface area contributed by atoms with E-state index < -0.39 is 0 Å². The van der Waals surface area contributed by atoms with Crippen molar-refractivity contribution in [1.82, 2.24) is 5.32 Å². The van der Waals surface area contributed by atoms with Gasteiger partial charge in [-0.1, -0.05) is 81.4 Å². The molecule has 2 aliphatic carbocycles. The SMILES string of the molecule is COc1ccc2ccccc2c1-c1c(C(=O)N[C@H]2C[C@H]3CC[C@]2(C)C3(C)C)ccc2ccccc12. The lowest BCUT2D eigenvalue weighted by atomic mass is 9.69. The number of amides is 1. The minimum Gasteiger partial charge on any atom is -0.496 e. The summed E-state index contributed by atoms with van der Waals surface area (Å²) >= 11 is 0. The molecule has 0 saturated heterocycles. The number of nitrogens with one attached hydrogen (secondary N) is 1. The van der Waals surface area contributed by atoms with Gasteiger partial charge in [0.1, 0.15) is 5.75 Å². The van der Waals surface area contributed by atoms with Gasteiger partial charge >= 0.3 is 0 Å². The van der Waals surface area contributed by atoms with Crippen molar-refractivity contribution >= 4 is 27.5 Å². The Hall–Kier alpha value is -3.33. The van der Waals surface area contributed by atoms with E-state index in [-0.39, 0.29) is 22.8 Å². The highest BCUT2D eigenvalue weighted by Gasteiger charge is 2.61. The van der Waals surface area contributed by atoms with Gasteiger partial charge in [0.2, 0.25) is 0 Å². The number of carbonyl (C=O) groups excluding carboxylic acids is 1. The van der Waals surface area contributed by atoms with Crippen molar-refractivity contribution in [1.29, 1.82) is 0 Å². The maximum atomic E-state index is 14.1. The molecule has 0 unspecified atom stereocenters. The zero-order chi connectivity index (χ0) is 24.4. The maximum absolute atomic E-state index is 14.1. The summed E-state index contributed by atoms with van der Waals surface area (Å²) in [5.74, 6) is 1.46. The summed E-state index contributed by atoms with van der Waals surface area (Å²) in [6.45, 7) is 7.15. The van der Waals surface area contributed by atoms with Gasteiger partial charge in [0.05, 0.1) is 7.11 Å². The van der Waals surface area contributed by atoms with Gasteiger partial charge in [-0.2, -0.15) is 0 Å². The number of methoxy groups -OCH3 is 1. The van der Waals surface area contributed by atoms with Crippen LogP contribution in [0.25, 0.3) is 32.7 Å². The number of rotatable bonds is 4. The first-order valence-corrected chi connectivity index (χ1v) is 12.7. The van der Waals surface area contributed by atoms with Crippen molar-refractivity contribution in [2.45, 2.75) is 46.1 Å². The first kappa shape index (κ1) is 22.2. The molecular formula is C32H33NO2. The lowest BCUT2D eigenvalue weighted by Gasteiger charge is -2.39. The van der Waals surface area contributed by atoms with Gasteiger partial charge in [-0.05, 0) is 69.7 Å². The first-order valence-electron chi connectivity index (χ1n) is 12.7. The van der Waals surface area contributed by atoms with Gasteiger partial charge in [-0.15, -0.1) is 0 Å². The van der Waals surface area contributed by atoms with Crippen LogP contribution in [-0.4, -0.2) is 19.1 Å². The molecule has 2 saturated carbocycles. The van der Waals surface area contributed by atoms with Crippen LogP contribution in [0.15, 0.2) is 72.8 Å². The average Bonchev–Trinajstić information content (AvgIpc) is 3.21. The number of hydrogen-bond donors (Lipinski definition) is 1. The third-order valence-electron chi connectivity index (χ3n) is 9.63. The summed E-state index contributed by atoms with van der Waals surface area (Å²) in [5.41, 5.74) is 3.01. The Bertz CT molecular complexity index is 1470. The summed E-state index contributed by atoms with van der Waals surface area (Å²) in [6.07, 6.45) is 3.51. The van der Waals surface area contributed by atoms with Gasteiger partial charge in [0.25, 0.3) is 5.91 Å². The Balaban J connectivity index is 1.54. The summed E-state index contributed by atoms with van der Waals surface area (Å²) in [5, 5.41) is 7.90. The van der Waals surface area contributed by atoms with Gasteiger partial charge in [0.15, 0.2) is 0 Å². The third kappa shape index (κ3) is 3.14. The monoisotopic (exact) mass is 463 g/mol. The number of hydrogen-bond acceptors (Lipinski definition) is 2. The largest absolute Gasteiger partial charge is 0.496 e. The smallest absolute Gasteiger partial charge is 0.252 e. The fraction of sp³-hybridized carbons (Fsp3) is 0.344. The maximum Gasteiger partial charge on any atom is 0.252 e. The van der Waals surface area contributed by atoms with E-state index in [1.807, 2.05) is 36.4 Å². The molecule has 1 N–H and O–H groups in total. The molecule has 0 heterocycles. The predicted octanol–water partition coefficient (Wildman–Crippen LogP) is 7.61. The predicted molar refractivity (Wildman–Crippen MR) is 144 cm³/mol. The Kier molecular flexibility index (Phi) is 4.96. The molecule has 4 aromatic carbocycles. The van der Waals surface area contributed by atoms with Crippen LogP contribution in [0.1, 0.15) is 50.4 Å². The number of ether oxygens (including phenoxy) is 1. The van der Waals surface area contributed by atoms with Crippen LogP contribution in [0.4, 0.5) is 0 Å². The lowest BCUT2D eigenvalue weighted by Crippen LogP contribution is -2.47. The van der Waals surface area contributed by atoms with Crippen molar-refractivity contribution in [3.05, 3.63) is 78.4 Å². The van der Waals surface area contributed by atoms with Crippen molar-refractivity contribution in [3.8, 4) is 16.9 Å². The van der Waals surface area contributed by atoms with Crippen LogP contribution in [0.5, 0.6) is 5.75 Å². The Labute approximate surface area is 207 Å². The van der Waals surface area contributed by atoms with E-state index in [4.69, 9.17) is 4.74 Å². The molecule has 4 aromatic rings. The number of fused-ring (bicyclic) bond motifs is 4. The zero-order valence-corrected chi connectivity index (χ0v) is 21.0. The lowest BCUT2D eigenvalue weighted by molar-refractivity contribution is 0.0827. The van der Waals surface area contributed by atoms with Crippen LogP contribution in [0.3, 0.4) is 0 Å². The molecule has 2 bridgehead atoms. The topological polar surface area (TPSA) is 38.3 Å². The molecule has 3 heteroatoms. The number of benzene rings is 4. The highest BCUT2D eigenvalue weighted by atomic mass is 16.5. The van der Waals surface area contributed by atoms with Crippen LogP contribution >= 0.6 is 0 Å². The van der Waals surface area contributed by atoms with Gasteiger partial charge in [0, 0.05) is 22.7 Å². The minimum atomic E-state index is 0.00955. The molecule has 2 aliphatic rings. The second-order valence-electron chi connectivity index (χ2n) is 11.2. The van der Waals surface area contributed by atoms with Crippen molar-refractivity contribution in [2.75, 3.05) is 7.11 Å². The molecule has 3 nitrogen and oxygen atoms in total. The normalized spacial score (nSPS) is 24.7. The first-order chi connectivity index (χ1) is 16.8. The molecule has 2 fully saturated rings. The molecular weight excluding hydrogens is 430 g/mol. The van der Waals surface area contributed by atoms with E-state index in [1.54, 1.807) is 7.11 Å². The Morgan fingerprint density at radius 1 is 0.857 bits per heavy atom. The van der Waals surface area contributed by atoms with E-state index in [0.717, 1.165) is 44.8 Å². The molecule has 0 spiro atoms. The van der Waals surface area contributed by atoms with E-state index >= 15 is 0 Å². The Morgan fingerprint density at radius 2 is 1.49 bits per heavy atom. The second kappa shape index (κ2) is 7.84. The molecule has 0 radical (unpaired) electrons. The second-order valence-corrected chi connectivity index (χ2v) is 11.2. The standard InChI is InChI=1S/C32H33NO2/c1-31(2)22-17-18-32(31,3)27(19-22)33-30(34)25-15-13-20-9-5-7-11-23(20)28(25)29-24-12-8-6-10-21(24)14-16-26(29)35-4/h5-16,22,27H,17-19H2,1-4H3,(H,33,34)/t22-,27+,32+/m1/s1. The summed E-state index contributed by atoms with van der Waals surface area (Å²) < 4.78 is 5.88. The van der Waals surface area contributed by atoms with Crippen molar-refractivity contribution < 1.29 is 9.53 Å². The zero-order valence-electron chi connectivity index (χ0n) is 21.0. The Morgan fingerprint density at radius 3 is 2.09 bits per heavy atom. The number of carbonyl (C=O) groups is 1. The molecule has 1 amide bonds. The van der Waals surface area contributed by atoms with E-state index in [9.17, 15) is 4.79 Å². The van der Waals surface area contributed by atoms with Crippen LogP contribution in [0, 0.1) is 16.7 Å². The molecule has 0 aromatic heterocycles. The van der Waals surface area contributed by atoms with Crippen LogP contribution in [0.2, 0.25) is 0 Å². The minimum absolute atomic E-state index is 0.00955. The fourth-order valence-electron chi connectivity index (χ4n) is 7.07. The van der Waals surface area contributed by atoms with Crippen molar-refractivity contribution in [2.24, 2.45) is 16.7 Å². The summed E-state index contributed by atoms with van der Waals surface area (Å²) in [4.78, 5) is 14.1. The average molecular weight is 464 g/mol. The fourth-order valence-corrected chi connectivity index (χ4v) is 7.07. The van der Waals surface area contributed by atoms with Gasteiger partial charge in [-0.25, -0.2) is 0 Å². The molecule has 0 aliphatic heterocycles. The van der Waals surface area contributed by atoms with Gasteiger partial charge < -0.3 is 10.1 Å². The highest BCUT2D eigenvalue weighted by Crippen LogP contribution is 2.65. The molecule has 6 rings (SSSR count). The van der Waals surface area contributed by atoms with Crippen LogP contribution < -0.4 is 10.1 Å². The van der Waals surface area contributed by atoms with Gasteiger partial charge in [-0.3, -0.25) is 4.79 Å². The third-order valence-corrected chi connectivity index (χ3v) is 9.63. The molecule has 178 valence electrons. The van der Waals surface area contributed by atoms with E-state index in [0.29, 0.717) is 11.5 Å². The molecule has 35 heavy (non-hydrogen) atoms. The summed E-state index contributed by atoms with van der Waals surface area (Å²) in [7, 11) is 1.71. The highest BCUT2D eigenvalue weighted by molar-refractivity contribution is 6.15. The molecule has 3 atom stereocenters. The van der Waals surface area contributed by atoms with E-state index in [2.05, 4.69) is 62.5 Å². The van der Waals surface area contributed by atoms with Crippen molar-refractivity contribution in [3.63, 3.8) is 0 Å². The quantitative estimate of drug-likeness (QED) is 0.338. The van der Waals surface area contributed by atoms with E-state index in [1.165, 1.54) is 12.8 Å². The summed E-state index contributed by atoms with van der Waals surface area (Å²) in [6, 6.07) is 25.0. The van der Waals surface area contributed by atoms with Crippen LogP contribution in [-0.2, 0) is 0 Å².